The van der Waals surface area contributed by atoms with Crippen molar-refractivity contribution >= 4 is 34.1 Å². The van der Waals surface area contributed by atoms with Crippen LogP contribution in [0.1, 0.15) is 27.8 Å². The Morgan fingerprint density at radius 3 is 1.59 bits per heavy atom. The molecule has 0 bridgehead atoms. The van der Waals surface area contributed by atoms with Gasteiger partial charge in [0, 0.05) is 51.3 Å². The van der Waals surface area contributed by atoms with Gasteiger partial charge in [-0.3, -0.25) is 4.98 Å². The number of hydrogen-bond donors (Lipinski definition) is 0. The second-order valence-corrected chi connectivity index (χ2v) is 14.6. The minimum atomic E-state index is -0.244. The number of aryl methyl sites for hydroxylation is 1. The predicted molar refractivity (Wildman–Crippen MR) is 224 cm³/mol. The normalized spacial score (nSPS) is 15.1. The van der Waals surface area contributed by atoms with Gasteiger partial charge in [-0.25, -0.2) is 0 Å². The fraction of sp³-hybridized carbons (Fsp3) is 0.0784. The molecule has 1 aromatic heterocycles. The summed E-state index contributed by atoms with van der Waals surface area (Å²) in [5.74, 6) is 0. The Morgan fingerprint density at radius 2 is 1.00 bits per heavy atom. The fourth-order valence-corrected chi connectivity index (χ4v) is 8.94. The second kappa shape index (κ2) is 13.1. The molecule has 54 heavy (non-hydrogen) atoms. The highest BCUT2D eigenvalue weighted by atomic mass is 15.1. The van der Waals surface area contributed by atoms with Crippen LogP contribution in [-0.2, 0) is 18.3 Å². The zero-order valence-electron chi connectivity index (χ0n) is 30.2. The fourth-order valence-electron chi connectivity index (χ4n) is 8.94. The smallest absolute Gasteiger partial charge is 0.0702 e. The average molecular weight is 694 g/mol. The summed E-state index contributed by atoms with van der Waals surface area (Å²) < 4.78 is 0. The molecule has 0 amide bonds. The highest BCUT2D eigenvalue weighted by Gasteiger charge is 2.48. The van der Waals surface area contributed by atoms with Gasteiger partial charge >= 0.3 is 0 Å². The van der Waals surface area contributed by atoms with Crippen molar-refractivity contribution in [2.75, 3.05) is 9.80 Å². The third kappa shape index (κ3) is 5.31. The molecule has 0 saturated carbocycles. The first kappa shape index (κ1) is 32.0. The van der Waals surface area contributed by atoms with Crippen LogP contribution in [0.25, 0.3) is 22.4 Å². The van der Waals surface area contributed by atoms with E-state index < -0.39 is 0 Å². The minimum absolute atomic E-state index is 0.244. The molecule has 0 aliphatic heterocycles. The molecule has 10 rings (SSSR count). The molecule has 258 valence electrons. The number of benzene rings is 7. The molecular formula is C51H39N3. The summed E-state index contributed by atoms with van der Waals surface area (Å²) in [6, 6.07) is 68.3. The monoisotopic (exact) mass is 693 g/mol. The van der Waals surface area contributed by atoms with E-state index in [2.05, 4.69) is 199 Å². The Labute approximate surface area is 317 Å². The maximum Gasteiger partial charge on any atom is 0.0702 e. The van der Waals surface area contributed by atoms with Crippen LogP contribution in [0.2, 0.25) is 0 Å². The number of pyridine rings is 1. The van der Waals surface area contributed by atoms with Crippen molar-refractivity contribution in [2.45, 2.75) is 25.2 Å². The van der Waals surface area contributed by atoms with Gasteiger partial charge in [-0.2, -0.15) is 0 Å². The van der Waals surface area contributed by atoms with Gasteiger partial charge in [0.1, 0.15) is 0 Å². The van der Waals surface area contributed by atoms with E-state index >= 15 is 0 Å². The molecule has 1 atom stereocenters. The Balaban J connectivity index is 1.18. The van der Waals surface area contributed by atoms with Crippen LogP contribution in [-0.4, -0.2) is 4.98 Å². The number of hydrogen-bond acceptors (Lipinski definition) is 3. The summed E-state index contributed by atoms with van der Waals surface area (Å²) in [6.07, 6.45) is 3.74. The molecule has 0 saturated heterocycles. The van der Waals surface area contributed by atoms with Gasteiger partial charge in [-0.05, 0) is 150 Å². The number of rotatable bonds is 7. The number of para-hydroxylation sites is 4. The Bertz CT molecular complexity index is 2530. The molecule has 0 radical (unpaired) electrons. The lowest BCUT2D eigenvalue weighted by Gasteiger charge is -2.32. The van der Waals surface area contributed by atoms with Crippen LogP contribution < -0.4 is 9.80 Å². The maximum absolute atomic E-state index is 4.71. The van der Waals surface area contributed by atoms with E-state index in [1.54, 1.807) is 0 Å². The summed E-state index contributed by atoms with van der Waals surface area (Å²) in [5.41, 5.74) is 18.4. The van der Waals surface area contributed by atoms with Crippen LogP contribution in [0.4, 0.5) is 34.1 Å². The van der Waals surface area contributed by atoms with Crippen LogP contribution in [0.5, 0.6) is 0 Å². The van der Waals surface area contributed by atoms with E-state index in [4.69, 9.17) is 4.98 Å². The van der Waals surface area contributed by atoms with E-state index in [9.17, 15) is 0 Å². The van der Waals surface area contributed by atoms with Crippen molar-refractivity contribution in [3.63, 3.8) is 0 Å². The number of nitrogens with zero attached hydrogens (tertiary/aromatic N) is 3. The third-order valence-electron chi connectivity index (χ3n) is 11.4. The van der Waals surface area contributed by atoms with E-state index in [1.807, 2.05) is 12.3 Å². The zero-order chi connectivity index (χ0) is 36.1. The molecule has 8 aromatic rings. The van der Waals surface area contributed by atoms with Gasteiger partial charge < -0.3 is 9.80 Å². The summed E-state index contributed by atoms with van der Waals surface area (Å²) in [6.45, 7) is 2.27. The Hall–Kier alpha value is -6.71. The lowest BCUT2D eigenvalue weighted by atomic mass is 9.75. The van der Waals surface area contributed by atoms with E-state index in [-0.39, 0.29) is 5.41 Å². The molecule has 1 unspecified atom stereocenters. The summed E-state index contributed by atoms with van der Waals surface area (Å²) in [5, 5.41) is 0. The number of aromatic nitrogens is 1. The van der Waals surface area contributed by atoms with Gasteiger partial charge in [-0.15, -0.1) is 0 Å². The van der Waals surface area contributed by atoms with Crippen LogP contribution >= 0.6 is 0 Å². The van der Waals surface area contributed by atoms with Gasteiger partial charge in [0.2, 0.25) is 0 Å². The third-order valence-corrected chi connectivity index (χ3v) is 11.4. The highest BCUT2D eigenvalue weighted by molar-refractivity contribution is 5.90. The Morgan fingerprint density at radius 1 is 0.444 bits per heavy atom. The molecule has 7 aromatic carbocycles. The predicted octanol–water partition coefficient (Wildman–Crippen LogP) is 13.1. The first-order valence-electron chi connectivity index (χ1n) is 18.8. The first-order valence-corrected chi connectivity index (χ1v) is 18.8. The van der Waals surface area contributed by atoms with Crippen molar-refractivity contribution in [2.24, 2.45) is 0 Å². The van der Waals surface area contributed by atoms with Crippen molar-refractivity contribution in [3.05, 3.63) is 222 Å². The van der Waals surface area contributed by atoms with Gasteiger partial charge in [0.25, 0.3) is 0 Å². The zero-order valence-corrected chi connectivity index (χ0v) is 30.2. The highest BCUT2D eigenvalue weighted by Crippen LogP contribution is 2.58. The van der Waals surface area contributed by atoms with Crippen molar-refractivity contribution in [1.82, 2.24) is 4.98 Å². The molecule has 0 fully saturated rings. The lowest BCUT2D eigenvalue weighted by molar-refractivity contribution is 0.563. The number of fused-ring (bicyclic) bond motifs is 6. The average Bonchev–Trinajstić information content (AvgIpc) is 3.74. The molecule has 3 heteroatoms. The van der Waals surface area contributed by atoms with E-state index in [1.165, 1.54) is 50.2 Å². The van der Waals surface area contributed by atoms with Gasteiger partial charge in [0.15, 0.2) is 0 Å². The minimum Gasteiger partial charge on any atom is -0.310 e. The van der Waals surface area contributed by atoms with E-state index in [0.717, 1.165) is 47.0 Å². The molecule has 2 aliphatic carbocycles. The molecule has 1 heterocycles. The molecular weight excluding hydrogens is 655 g/mol. The van der Waals surface area contributed by atoms with Crippen LogP contribution in [0.15, 0.2) is 194 Å². The van der Waals surface area contributed by atoms with Crippen molar-refractivity contribution in [3.8, 4) is 22.4 Å². The second-order valence-electron chi connectivity index (χ2n) is 14.6. The van der Waals surface area contributed by atoms with Gasteiger partial charge in [-0.1, -0.05) is 97.1 Å². The van der Waals surface area contributed by atoms with Gasteiger partial charge in [0.05, 0.1) is 5.69 Å². The van der Waals surface area contributed by atoms with Crippen molar-refractivity contribution < 1.29 is 0 Å². The maximum atomic E-state index is 4.71. The Kier molecular flexibility index (Phi) is 7.73. The van der Waals surface area contributed by atoms with Crippen LogP contribution in [0.3, 0.4) is 0 Å². The summed E-state index contributed by atoms with van der Waals surface area (Å²) in [4.78, 5) is 9.52. The van der Waals surface area contributed by atoms with Crippen molar-refractivity contribution in [1.29, 1.82) is 0 Å². The SMILES string of the molecule is Cc1cc2c(cc1N(c1ccccc1)c1ccccc1)C1(Cc3ccc(-c4ccccn4)cc3C1)c1cc(N(c3ccccc3)c3ccccc3)ccc1-2. The topological polar surface area (TPSA) is 19.4 Å². The number of anilines is 6. The van der Waals surface area contributed by atoms with E-state index in [0.29, 0.717) is 0 Å². The summed E-state index contributed by atoms with van der Waals surface area (Å²) in [7, 11) is 0. The summed E-state index contributed by atoms with van der Waals surface area (Å²) >= 11 is 0. The molecule has 1 spiro atoms. The molecule has 0 N–H and O–H groups in total. The first-order chi connectivity index (χ1) is 26.7. The largest absolute Gasteiger partial charge is 0.310 e. The molecule has 3 nitrogen and oxygen atoms in total. The van der Waals surface area contributed by atoms with Crippen LogP contribution in [0, 0.1) is 6.92 Å². The quantitative estimate of drug-likeness (QED) is 0.166. The lowest BCUT2D eigenvalue weighted by Crippen LogP contribution is -2.26. The molecule has 2 aliphatic rings. The standard InChI is InChI=1S/C51H39N3/c1-36-30-46-45-28-27-44(53(40-16-6-2-7-17-40)41-18-8-3-9-19-41)32-47(45)51(34-38-26-25-37(31-39(38)35-51)49-24-14-15-29-52-49)48(46)33-50(36)54(42-20-10-4-11-21-42)43-22-12-5-13-23-43/h2-33H,34-35H2,1H3.